The van der Waals surface area contributed by atoms with Crippen LogP contribution in [0.5, 0.6) is 0 Å². The van der Waals surface area contributed by atoms with E-state index in [1.165, 1.54) is 64.6 Å². The summed E-state index contributed by atoms with van der Waals surface area (Å²) in [5.41, 5.74) is 0.612. The standard InChI is InChI=1S/C19H32N2O/c1-15-9-19(10-15)11-17(12-19)18(22)14-21-7-5-20(6-8-21)13-16-3-2-4-16/h15-17H,2-14H2,1H3. The Hall–Kier alpha value is -0.410. The molecule has 1 aliphatic heterocycles. The number of Topliss-reactive ketones (excluding diaryl/α,β-unsaturated/α-hetero) is 1. The fourth-order valence-corrected chi connectivity index (χ4v) is 5.49. The van der Waals surface area contributed by atoms with Crippen LogP contribution in [0.4, 0.5) is 0 Å². The van der Waals surface area contributed by atoms with Crippen LogP contribution in [0.3, 0.4) is 0 Å². The van der Waals surface area contributed by atoms with Crippen molar-refractivity contribution in [3.63, 3.8) is 0 Å². The van der Waals surface area contributed by atoms with Gasteiger partial charge in [-0.15, -0.1) is 0 Å². The van der Waals surface area contributed by atoms with Crippen LogP contribution >= 0.6 is 0 Å². The number of carbonyl (C=O) groups is 1. The van der Waals surface area contributed by atoms with Crippen molar-refractivity contribution in [2.75, 3.05) is 39.3 Å². The number of carbonyl (C=O) groups excluding carboxylic acids is 1. The molecule has 0 unspecified atom stereocenters. The topological polar surface area (TPSA) is 23.6 Å². The first-order chi connectivity index (χ1) is 10.6. The van der Waals surface area contributed by atoms with Gasteiger partial charge in [0, 0.05) is 38.6 Å². The van der Waals surface area contributed by atoms with Gasteiger partial charge in [-0.25, -0.2) is 0 Å². The molecule has 0 bridgehead atoms. The van der Waals surface area contributed by atoms with Gasteiger partial charge < -0.3 is 4.90 Å². The molecule has 0 N–H and O–H groups in total. The van der Waals surface area contributed by atoms with E-state index in [1.807, 2.05) is 0 Å². The number of piperazine rings is 1. The first-order valence-electron chi connectivity index (χ1n) is 9.59. The van der Waals surface area contributed by atoms with Gasteiger partial charge in [-0.2, -0.15) is 0 Å². The highest BCUT2D eigenvalue weighted by atomic mass is 16.1. The van der Waals surface area contributed by atoms with Gasteiger partial charge in [0.15, 0.2) is 0 Å². The first-order valence-corrected chi connectivity index (χ1v) is 9.59. The molecule has 0 aromatic heterocycles. The zero-order valence-electron chi connectivity index (χ0n) is 14.2. The minimum absolute atomic E-state index is 0.403. The summed E-state index contributed by atoms with van der Waals surface area (Å²) in [5.74, 6) is 2.84. The quantitative estimate of drug-likeness (QED) is 0.780. The highest BCUT2D eigenvalue weighted by molar-refractivity contribution is 5.84. The van der Waals surface area contributed by atoms with Gasteiger partial charge in [0.2, 0.25) is 0 Å². The summed E-state index contributed by atoms with van der Waals surface area (Å²) in [6.07, 6.45) is 9.52. The van der Waals surface area contributed by atoms with E-state index in [9.17, 15) is 4.79 Å². The molecule has 3 aliphatic carbocycles. The van der Waals surface area contributed by atoms with Crippen molar-refractivity contribution in [1.29, 1.82) is 0 Å². The largest absolute Gasteiger partial charge is 0.301 e. The van der Waals surface area contributed by atoms with Crippen LogP contribution in [-0.4, -0.2) is 54.9 Å². The van der Waals surface area contributed by atoms with E-state index in [0.29, 0.717) is 17.1 Å². The maximum atomic E-state index is 12.5. The maximum Gasteiger partial charge on any atom is 0.149 e. The third-order valence-electron chi connectivity index (χ3n) is 6.96. The molecule has 3 saturated carbocycles. The smallest absolute Gasteiger partial charge is 0.149 e. The zero-order valence-corrected chi connectivity index (χ0v) is 14.2. The lowest BCUT2D eigenvalue weighted by Gasteiger charge is -2.57. The summed E-state index contributed by atoms with van der Waals surface area (Å²) in [4.78, 5) is 17.5. The van der Waals surface area contributed by atoms with Crippen LogP contribution in [-0.2, 0) is 4.79 Å². The molecular formula is C19H32N2O. The molecular weight excluding hydrogens is 272 g/mol. The fraction of sp³-hybridized carbons (Fsp3) is 0.947. The van der Waals surface area contributed by atoms with Gasteiger partial charge in [0.05, 0.1) is 6.54 Å². The molecule has 22 heavy (non-hydrogen) atoms. The zero-order chi connectivity index (χ0) is 15.2. The molecule has 1 heterocycles. The SMILES string of the molecule is CC1CC2(C1)CC(C(=O)CN1CCN(CC3CCC3)CC1)C2. The molecule has 3 heteroatoms. The average molecular weight is 304 g/mol. The highest BCUT2D eigenvalue weighted by Gasteiger charge is 2.53. The lowest BCUT2D eigenvalue weighted by molar-refractivity contribution is -0.139. The molecule has 3 nitrogen and oxygen atoms in total. The van der Waals surface area contributed by atoms with Crippen LogP contribution in [0.25, 0.3) is 0 Å². The fourth-order valence-electron chi connectivity index (χ4n) is 5.49. The first kappa shape index (κ1) is 15.1. The summed E-state index contributed by atoms with van der Waals surface area (Å²) in [7, 11) is 0. The normalized spacial score (nSPS) is 40.0. The summed E-state index contributed by atoms with van der Waals surface area (Å²) >= 11 is 0. The van der Waals surface area contributed by atoms with Crippen molar-refractivity contribution in [3.05, 3.63) is 0 Å². The van der Waals surface area contributed by atoms with Crippen molar-refractivity contribution < 1.29 is 4.79 Å². The van der Waals surface area contributed by atoms with Gasteiger partial charge in [-0.3, -0.25) is 9.69 Å². The monoisotopic (exact) mass is 304 g/mol. The van der Waals surface area contributed by atoms with Crippen molar-refractivity contribution in [2.24, 2.45) is 23.2 Å². The lowest BCUT2D eigenvalue weighted by atomic mass is 9.48. The molecule has 0 atom stereocenters. The van der Waals surface area contributed by atoms with E-state index >= 15 is 0 Å². The predicted octanol–water partition coefficient (Wildman–Crippen LogP) is 2.80. The number of ketones is 1. The van der Waals surface area contributed by atoms with E-state index in [4.69, 9.17) is 0 Å². The van der Waals surface area contributed by atoms with E-state index in [0.717, 1.165) is 31.5 Å². The van der Waals surface area contributed by atoms with Crippen LogP contribution in [0.2, 0.25) is 0 Å². The third-order valence-corrected chi connectivity index (χ3v) is 6.96. The summed E-state index contributed by atoms with van der Waals surface area (Å²) < 4.78 is 0. The lowest BCUT2D eigenvalue weighted by Crippen LogP contribution is -2.53. The molecule has 1 spiro atoms. The van der Waals surface area contributed by atoms with Crippen LogP contribution in [0.1, 0.15) is 51.9 Å². The Kier molecular flexibility index (Phi) is 4.06. The second-order valence-electron chi connectivity index (χ2n) is 8.96. The summed E-state index contributed by atoms with van der Waals surface area (Å²) in [6.45, 7) is 8.95. The number of nitrogens with zero attached hydrogens (tertiary/aromatic N) is 2. The van der Waals surface area contributed by atoms with E-state index in [2.05, 4.69) is 16.7 Å². The number of hydrogen-bond donors (Lipinski definition) is 0. The Bertz CT molecular complexity index is 409. The van der Waals surface area contributed by atoms with Crippen molar-refractivity contribution in [3.8, 4) is 0 Å². The molecule has 0 aromatic carbocycles. The van der Waals surface area contributed by atoms with E-state index in [-0.39, 0.29) is 0 Å². The van der Waals surface area contributed by atoms with Crippen molar-refractivity contribution in [2.45, 2.75) is 51.9 Å². The Morgan fingerprint density at radius 1 is 1.00 bits per heavy atom. The second kappa shape index (κ2) is 5.90. The maximum absolute atomic E-state index is 12.5. The van der Waals surface area contributed by atoms with Crippen LogP contribution in [0, 0.1) is 23.2 Å². The minimum Gasteiger partial charge on any atom is -0.301 e. The molecule has 124 valence electrons. The van der Waals surface area contributed by atoms with Gasteiger partial charge in [0.1, 0.15) is 5.78 Å². The summed E-state index contributed by atoms with van der Waals surface area (Å²) in [6, 6.07) is 0. The van der Waals surface area contributed by atoms with Gasteiger partial charge >= 0.3 is 0 Å². The Balaban J connectivity index is 1.15. The van der Waals surface area contributed by atoms with E-state index < -0.39 is 0 Å². The average Bonchev–Trinajstić information content (AvgIpc) is 2.38. The van der Waals surface area contributed by atoms with Gasteiger partial charge in [-0.05, 0) is 55.8 Å². The summed E-state index contributed by atoms with van der Waals surface area (Å²) in [5, 5.41) is 0. The Labute approximate surface area is 135 Å². The van der Waals surface area contributed by atoms with Gasteiger partial charge in [-0.1, -0.05) is 13.3 Å². The highest BCUT2D eigenvalue weighted by Crippen LogP contribution is 2.61. The molecule has 4 fully saturated rings. The number of rotatable bonds is 5. The minimum atomic E-state index is 0.403. The molecule has 0 aromatic rings. The number of hydrogen-bond acceptors (Lipinski definition) is 3. The second-order valence-corrected chi connectivity index (χ2v) is 8.96. The molecule has 1 saturated heterocycles. The Morgan fingerprint density at radius 2 is 1.64 bits per heavy atom. The van der Waals surface area contributed by atoms with Crippen molar-refractivity contribution in [1.82, 2.24) is 9.80 Å². The third kappa shape index (κ3) is 2.99. The Morgan fingerprint density at radius 3 is 2.18 bits per heavy atom. The predicted molar refractivity (Wildman–Crippen MR) is 88.8 cm³/mol. The molecule has 4 rings (SSSR count). The van der Waals surface area contributed by atoms with Crippen molar-refractivity contribution >= 4 is 5.78 Å². The van der Waals surface area contributed by atoms with Crippen LogP contribution < -0.4 is 0 Å². The van der Waals surface area contributed by atoms with E-state index in [1.54, 1.807) is 0 Å². The van der Waals surface area contributed by atoms with Crippen LogP contribution in [0.15, 0.2) is 0 Å². The molecule has 0 amide bonds. The molecule has 0 radical (unpaired) electrons. The van der Waals surface area contributed by atoms with Gasteiger partial charge in [0.25, 0.3) is 0 Å². The molecule has 4 aliphatic rings.